The molecule has 0 radical (unpaired) electrons. The molecule has 1 amide bonds. The molecule has 0 atom stereocenters. The lowest BCUT2D eigenvalue weighted by Gasteiger charge is -2.27. The van der Waals surface area contributed by atoms with Gasteiger partial charge in [0, 0.05) is 25.3 Å². The van der Waals surface area contributed by atoms with Crippen molar-refractivity contribution in [1.29, 1.82) is 0 Å². The van der Waals surface area contributed by atoms with Crippen LogP contribution >= 0.6 is 0 Å². The predicted octanol–water partition coefficient (Wildman–Crippen LogP) is 6.22. The SMILES string of the molecule is CC(C)(C)OC(=O)N(CCCCCCOCCCCc1ccccc1)CC(=O)c1ccc(O)c(C=O)c1. The molecule has 2 rings (SSSR count). The number of ketones is 1. The average molecular weight is 512 g/mol. The zero-order valence-corrected chi connectivity index (χ0v) is 22.4. The number of benzene rings is 2. The largest absolute Gasteiger partial charge is 0.507 e. The summed E-state index contributed by atoms with van der Waals surface area (Å²) in [5, 5.41) is 9.68. The molecule has 2 aromatic carbocycles. The minimum atomic E-state index is -0.681. The lowest BCUT2D eigenvalue weighted by molar-refractivity contribution is 0.0244. The number of phenols is 1. The van der Waals surface area contributed by atoms with E-state index >= 15 is 0 Å². The van der Waals surface area contributed by atoms with Gasteiger partial charge >= 0.3 is 6.09 Å². The van der Waals surface area contributed by atoms with Crippen molar-refractivity contribution in [3.8, 4) is 5.75 Å². The van der Waals surface area contributed by atoms with Crippen LogP contribution in [-0.2, 0) is 15.9 Å². The van der Waals surface area contributed by atoms with E-state index in [9.17, 15) is 19.5 Å². The van der Waals surface area contributed by atoms with Crippen molar-refractivity contribution >= 4 is 18.2 Å². The maximum atomic E-state index is 12.8. The number of carbonyl (C=O) groups is 3. The topological polar surface area (TPSA) is 93.1 Å². The smallest absolute Gasteiger partial charge is 0.410 e. The van der Waals surface area contributed by atoms with Gasteiger partial charge in [0.2, 0.25) is 0 Å². The summed E-state index contributed by atoms with van der Waals surface area (Å²) >= 11 is 0. The number of amides is 1. The van der Waals surface area contributed by atoms with Crippen molar-refractivity contribution < 1.29 is 29.0 Å². The number of phenolic OH excluding ortho intramolecular Hbond substituents is 1. The second-order valence-electron chi connectivity index (χ2n) is 10.2. The van der Waals surface area contributed by atoms with Gasteiger partial charge in [-0.25, -0.2) is 4.79 Å². The number of unbranched alkanes of at least 4 members (excludes halogenated alkanes) is 4. The Morgan fingerprint density at radius 3 is 2.27 bits per heavy atom. The van der Waals surface area contributed by atoms with Crippen molar-refractivity contribution in [3.05, 3.63) is 65.2 Å². The minimum Gasteiger partial charge on any atom is -0.507 e. The van der Waals surface area contributed by atoms with Crippen LogP contribution in [0, 0.1) is 0 Å². The molecule has 2 aromatic rings. The molecule has 1 N–H and O–H groups in total. The Bertz CT molecular complexity index is 983. The Labute approximate surface area is 220 Å². The molecular formula is C30H41NO6. The quantitative estimate of drug-likeness (QED) is 0.163. The molecule has 0 aliphatic carbocycles. The van der Waals surface area contributed by atoms with Gasteiger partial charge in [0.05, 0.1) is 12.1 Å². The van der Waals surface area contributed by atoms with E-state index in [1.165, 1.54) is 28.7 Å². The molecule has 0 unspecified atom stereocenters. The molecule has 0 heterocycles. The van der Waals surface area contributed by atoms with Crippen LogP contribution in [0.15, 0.2) is 48.5 Å². The van der Waals surface area contributed by atoms with E-state index in [-0.39, 0.29) is 29.2 Å². The summed E-state index contributed by atoms with van der Waals surface area (Å²) in [5.74, 6) is -0.513. The number of nitrogens with zero attached hydrogens (tertiary/aromatic N) is 1. The first-order chi connectivity index (χ1) is 17.7. The average Bonchev–Trinajstić information content (AvgIpc) is 2.86. The van der Waals surface area contributed by atoms with Gasteiger partial charge in [-0.05, 0) is 76.6 Å². The van der Waals surface area contributed by atoms with Crippen molar-refractivity contribution in [1.82, 2.24) is 4.90 Å². The molecule has 202 valence electrons. The summed E-state index contributed by atoms with van der Waals surface area (Å²) in [6.45, 7) is 7.06. The van der Waals surface area contributed by atoms with Crippen LogP contribution in [-0.4, -0.2) is 60.1 Å². The Kier molecular flexibility index (Phi) is 12.8. The Morgan fingerprint density at radius 1 is 0.919 bits per heavy atom. The van der Waals surface area contributed by atoms with Gasteiger partial charge in [-0.1, -0.05) is 43.2 Å². The molecule has 7 nitrogen and oxygen atoms in total. The summed E-state index contributed by atoms with van der Waals surface area (Å²) < 4.78 is 11.2. The number of carbonyl (C=O) groups excluding carboxylic acids is 3. The number of aromatic hydroxyl groups is 1. The molecule has 0 fully saturated rings. The molecule has 0 spiro atoms. The fourth-order valence-electron chi connectivity index (χ4n) is 3.79. The van der Waals surface area contributed by atoms with Gasteiger partial charge in [0.1, 0.15) is 11.4 Å². The summed E-state index contributed by atoms with van der Waals surface area (Å²) in [6.07, 6.45) is 6.74. The van der Waals surface area contributed by atoms with Gasteiger partial charge in [-0.15, -0.1) is 0 Å². The Balaban J connectivity index is 1.70. The first kappa shape index (κ1) is 30.0. The zero-order valence-electron chi connectivity index (χ0n) is 22.4. The van der Waals surface area contributed by atoms with Crippen LogP contribution in [0.25, 0.3) is 0 Å². The van der Waals surface area contributed by atoms with E-state index in [1.807, 2.05) is 6.07 Å². The highest BCUT2D eigenvalue weighted by Crippen LogP contribution is 2.18. The van der Waals surface area contributed by atoms with Crippen molar-refractivity contribution in [2.24, 2.45) is 0 Å². The minimum absolute atomic E-state index is 0.0353. The molecule has 0 bridgehead atoms. The van der Waals surface area contributed by atoms with Crippen LogP contribution in [0.2, 0.25) is 0 Å². The molecule has 37 heavy (non-hydrogen) atoms. The third-order valence-electron chi connectivity index (χ3n) is 5.78. The van der Waals surface area contributed by atoms with Crippen LogP contribution in [0.4, 0.5) is 4.79 Å². The van der Waals surface area contributed by atoms with Crippen LogP contribution < -0.4 is 0 Å². The van der Waals surface area contributed by atoms with E-state index in [1.54, 1.807) is 20.8 Å². The molecule has 0 aromatic heterocycles. The highest BCUT2D eigenvalue weighted by Gasteiger charge is 2.24. The molecular weight excluding hydrogens is 470 g/mol. The number of hydrogen-bond acceptors (Lipinski definition) is 6. The van der Waals surface area contributed by atoms with Crippen LogP contribution in [0.1, 0.15) is 85.6 Å². The predicted molar refractivity (Wildman–Crippen MR) is 144 cm³/mol. The number of ether oxygens (including phenoxy) is 2. The van der Waals surface area contributed by atoms with E-state index in [4.69, 9.17) is 9.47 Å². The van der Waals surface area contributed by atoms with Crippen LogP contribution in [0.3, 0.4) is 0 Å². The lowest BCUT2D eigenvalue weighted by Crippen LogP contribution is -2.40. The van der Waals surface area contributed by atoms with Gasteiger partial charge < -0.3 is 19.5 Å². The molecule has 7 heteroatoms. The standard InChI is InChI=1S/C30H41NO6/c1-30(2,3)37-29(35)31(22-28(34)25-16-17-27(33)26(21-25)23-32)18-10-4-5-11-19-36-20-12-9-15-24-13-7-6-8-14-24/h6-8,13-14,16-17,21,23,33H,4-5,9-12,15,18-20,22H2,1-3H3. The van der Waals surface area contributed by atoms with E-state index in [2.05, 4.69) is 24.3 Å². The third-order valence-corrected chi connectivity index (χ3v) is 5.78. The number of rotatable bonds is 16. The van der Waals surface area contributed by atoms with Gasteiger partial charge in [-0.2, -0.15) is 0 Å². The summed E-state index contributed by atoms with van der Waals surface area (Å²) in [4.78, 5) is 38.0. The Morgan fingerprint density at radius 2 is 1.59 bits per heavy atom. The second kappa shape index (κ2) is 15.8. The fourth-order valence-corrected chi connectivity index (χ4v) is 3.79. The van der Waals surface area contributed by atoms with E-state index in [0.717, 1.165) is 58.2 Å². The van der Waals surface area contributed by atoms with E-state index in [0.29, 0.717) is 12.8 Å². The fraction of sp³-hybridized carbons (Fsp3) is 0.500. The summed E-state index contributed by atoms with van der Waals surface area (Å²) in [6, 6.07) is 14.5. The summed E-state index contributed by atoms with van der Waals surface area (Å²) in [7, 11) is 0. The molecule has 0 saturated heterocycles. The first-order valence-electron chi connectivity index (χ1n) is 13.1. The van der Waals surface area contributed by atoms with Crippen molar-refractivity contribution in [2.45, 2.75) is 71.3 Å². The first-order valence-corrected chi connectivity index (χ1v) is 13.1. The normalized spacial score (nSPS) is 11.2. The molecule has 0 saturated carbocycles. The van der Waals surface area contributed by atoms with E-state index < -0.39 is 11.7 Å². The van der Waals surface area contributed by atoms with Crippen LogP contribution in [0.5, 0.6) is 5.75 Å². The highest BCUT2D eigenvalue weighted by molar-refractivity contribution is 6.00. The van der Waals surface area contributed by atoms with Gasteiger partial charge in [0.15, 0.2) is 12.1 Å². The number of Topliss-reactive ketones (excluding diaryl/α,β-unsaturated/α-hetero) is 1. The molecule has 0 aliphatic rings. The number of aryl methyl sites for hydroxylation is 1. The number of aldehydes is 1. The zero-order chi connectivity index (χ0) is 27.1. The monoisotopic (exact) mass is 511 g/mol. The van der Waals surface area contributed by atoms with Gasteiger partial charge in [-0.3, -0.25) is 9.59 Å². The van der Waals surface area contributed by atoms with Crippen molar-refractivity contribution in [3.63, 3.8) is 0 Å². The second-order valence-corrected chi connectivity index (χ2v) is 10.2. The lowest BCUT2D eigenvalue weighted by atomic mass is 10.1. The third kappa shape index (κ3) is 12.1. The summed E-state index contributed by atoms with van der Waals surface area (Å²) in [5.41, 5.74) is 0.973. The maximum Gasteiger partial charge on any atom is 0.410 e. The van der Waals surface area contributed by atoms with Crippen molar-refractivity contribution in [2.75, 3.05) is 26.3 Å². The van der Waals surface area contributed by atoms with Gasteiger partial charge in [0.25, 0.3) is 0 Å². The molecule has 0 aliphatic heterocycles. The highest BCUT2D eigenvalue weighted by atomic mass is 16.6. The Hall–Kier alpha value is -3.19. The number of hydrogen-bond donors (Lipinski definition) is 1. The maximum absolute atomic E-state index is 12.8.